The molecule has 1 heterocycles. The number of benzene rings is 1. The lowest BCUT2D eigenvalue weighted by Crippen LogP contribution is -2.18. The minimum absolute atomic E-state index is 0.183. The first-order chi connectivity index (χ1) is 9.52. The van der Waals surface area contributed by atoms with Crippen LogP contribution in [0.15, 0.2) is 46.2 Å². The van der Waals surface area contributed by atoms with Crippen LogP contribution in [0.3, 0.4) is 0 Å². The van der Waals surface area contributed by atoms with Crippen LogP contribution in [-0.2, 0) is 0 Å². The Labute approximate surface area is 115 Å². The maximum Gasteiger partial charge on any atom is 0.286 e. The van der Waals surface area contributed by atoms with E-state index >= 15 is 0 Å². The van der Waals surface area contributed by atoms with Crippen molar-refractivity contribution in [2.24, 2.45) is 4.99 Å². The number of hydrogen-bond donors (Lipinski definition) is 2. The Balaban J connectivity index is 2.39. The summed E-state index contributed by atoms with van der Waals surface area (Å²) in [5.74, 6) is 0.181. The Bertz CT molecular complexity index is 702. The van der Waals surface area contributed by atoms with E-state index in [2.05, 4.69) is 4.99 Å². The first-order valence-electron chi connectivity index (χ1n) is 5.87. The lowest BCUT2D eigenvalue weighted by Gasteiger charge is -2.06. The van der Waals surface area contributed by atoms with E-state index in [0.29, 0.717) is 17.1 Å². The van der Waals surface area contributed by atoms with E-state index in [1.807, 2.05) is 0 Å². The molecule has 0 saturated heterocycles. The summed E-state index contributed by atoms with van der Waals surface area (Å²) in [6.07, 6.45) is 0. The summed E-state index contributed by atoms with van der Waals surface area (Å²) in [7, 11) is 1.58. The lowest BCUT2D eigenvalue weighted by atomic mass is 10.2. The van der Waals surface area contributed by atoms with Gasteiger partial charge in [-0.2, -0.15) is 0 Å². The van der Waals surface area contributed by atoms with Crippen LogP contribution < -0.4 is 10.3 Å². The van der Waals surface area contributed by atoms with E-state index in [9.17, 15) is 15.1 Å². The van der Waals surface area contributed by atoms with Gasteiger partial charge in [-0.3, -0.25) is 9.79 Å². The van der Waals surface area contributed by atoms with Crippen molar-refractivity contribution in [1.29, 1.82) is 0 Å². The van der Waals surface area contributed by atoms with Crippen molar-refractivity contribution in [2.45, 2.75) is 6.92 Å². The van der Waals surface area contributed by atoms with Crippen LogP contribution in [0.1, 0.15) is 12.5 Å². The van der Waals surface area contributed by atoms with Crippen molar-refractivity contribution in [2.75, 3.05) is 7.11 Å². The first kappa shape index (κ1) is 13.7. The van der Waals surface area contributed by atoms with Gasteiger partial charge < -0.3 is 15.1 Å². The fourth-order valence-electron chi connectivity index (χ4n) is 1.71. The standard InChI is InChI=1S/C14H14N2O4/c1-9(12-7-8-13(17)16(19)14(12)18)15-10-3-5-11(20-2)6-4-10/h3-8,18-19H,1-2H3. The highest BCUT2D eigenvalue weighted by atomic mass is 16.5. The molecule has 0 aliphatic heterocycles. The van der Waals surface area contributed by atoms with Crippen LogP contribution in [0.4, 0.5) is 5.69 Å². The van der Waals surface area contributed by atoms with Crippen LogP contribution in [0.5, 0.6) is 11.6 Å². The predicted octanol–water partition coefficient (Wildman–Crippen LogP) is 1.94. The first-order valence-corrected chi connectivity index (χ1v) is 5.87. The SMILES string of the molecule is COc1ccc(N=C(C)c2ccc(=O)n(O)c2O)cc1. The number of aliphatic imine (C=N–C) groups is 1. The van der Waals surface area contributed by atoms with Crippen LogP contribution in [0.2, 0.25) is 0 Å². The maximum absolute atomic E-state index is 11.1. The van der Waals surface area contributed by atoms with Gasteiger partial charge in [0, 0.05) is 6.07 Å². The Morgan fingerprint density at radius 3 is 2.45 bits per heavy atom. The molecular weight excluding hydrogens is 260 g/mol. The molecule has 0 spiro atoms. The molecule has 0 saturated carbocycles. The van der Waals surface area contributed by atoms with Crippen LogP contribution in [0, 0.1) is 0 Å². The fraction of sp³-hybridized carbons (Fsp3) is 0.143. The van der Waals surface area contributed by atoms with E-state index in [-0.39, 0.29) is 10.3 Å². The summed E-state index contributed by atoms with van der Waals surface area (Å²) in [5.41, 5.74) is 0.709. The number of methoxy groups -OCH3 is 1. The van der Waals surface area contributed by atoms with Gasteiger partial charge in [-0.25, -0.2) is 0 Å². The monoisotopic (exact) mass is 274 g/mol. The predicted molar refractivity (Wildman–Crippen MR) is 74.4 cm³/mol. The zero-order chi connectivity index (χ0) is 14.7. The van der Waals surface area contributed by atoms with Gasteiger partial charge in [0.15, 0.2) is 0 Å². The molecule has 2 rings (SSSR count). The number of aromatic hydroxyl groups is 1. The Kier molecular flexibility index (Phi) is 3.74. The fourth-order valence-corrected chi connectivity index (χ4v) is 1.71. The Hall–Kier alpha value is -2.76. The van der Waals surface area contributed by atoms with Crippen molar-refractivity contribution in [3.05, 3.63) is 52.3 Å². The molecule has 0 unspecified atom stereocenters. The highest BCUT2D eigenvalue weighted by molar-refractivity contribution is 6.01. The number of rotatable bonds is 3. The normalized spacial score (nSPS) is 11.4. The Morgan fingerprint density at radius 1 is 1.20 bits per heavy atom. The molecule has 0 amide bonds. The average molecular weight is 274 g/mol. The third-order valence-electron chi connectivity index (χ3n) is 2.80. The quantitative estimate of drug-likeness (QED) is 0.661. The van der Waals surface area contributed by atoms with Crippen LogP contribution in [-0.4, -0.2) is 27.9 Å². The van der Waals surface area contributed by atoms with Gasteiger partial charge in [-0.15, -0.1) is 4.73 Å². The minimum Gasteiger partial charge on any atom is -0.497 e. The zero-order valence-corrected chi connectivity index (χ0v) is 11.1. The van der Waals surface area contributed by atoms with Gasteiger partial charge in [0.05, 0.1) is 24.1 Å². The highest BCUT2D eigenvalue weighted by Gasteiger charge is 2.10. The smallest absolute Gasteiger partial charge is 0.286 e. The van der Waals surface area contributed by atoms with Crippen molar-refractivity contribution >= 4 is 11.4 Å². The molecule has 1 aromatic heterocycles. The molecule has 6 nitrogen and oxygen atoms in total. The molecule has 2 N–H and O–H groups in total. The average Bonchev–Trinajstić information content (AvgIpc) is 2.45. The molecule has 0 bridgehead atoms. The van der Waals surface area contributed by atoms with Gasteiger partial charge in [0.1, 0.15) is 5.75 Å². The summed E-state index contributed by atoms with van der Waals surface area (Å²) < 4.78 is 5.23. The molecule has 0 aliphatic rings. The molecule has 104 valence electrons. The molecule has 0 radical (unpaired) electrons. The molecule has 20 heavy (non-hydrogen) atoms. The largest absolute Gasteiger partial charge is 0.497 e. The van der Waals surface area contributed by atoms with Crippen molar-refractivity contribution in [1.82, 2.24) is 4.73 Å². The molecule has 0 aliphatic carbocycles. The number of pyridine rings is 1. The van der Waals surface area contributed by atoms with Crippen molar-refractivity contribution < 1.29 is 15.1 Å². The van der Waals surface area contributed by atoms with Crippen LogP contribution in [0.25, 0.3) is 0 Å². The second-order valence-corrected chi connectivity index (χ2v) is 4.12. The van der Waals surface area contributed by atoms with Crippen LogP contribution >= 0.6 is 0 Å². The summed E-state index contributed by atoms with van der Waals surface area (Å²) in [6.45, 7) is 1.67. The lowest BCUT2D eigenvalue weighted by molar-refractivity contribution is 0.143. The number of hydrogen-bond acceptors (Lipinski definition) is 5. The van der Waals surface area contributed by atoms with Gasteiger partial charge >= 0.3 is 0 Å². The van der Waals surface area contributed by atoms with Crippen molar-refractivity contribution in [3.63, 3.8) is 0 Å². The van der Waals surface area contributed by atoms with E-state index < -0.39 is 11.4 Å². The second-order valence-electron chi connectivity index (χ2n) is 4.12. The van der Waals surface area contributed by atoms with E-state index in [0.717, 1.165) is 6.07 Å². The number of aromatic nitrogens is 1. The summed E-state index contributed by atoms with van der Waals surface area (Å²) in [4.78, 5) is 15.5. The number of nitrogens with zero attached hydrogens (tertiary/aromatic N) is 2. The maximum atomic E-state index is 11.1. The molecule has 0 atom stereocenters. The van der Waals surface area contributed by atoms with Gasteiger partial charge in [0.25, 0.3) is 5.56 Å². The van der Waals surface area contributed by atoms with Gasteiger partial charge in [0.2, 0.25) is 5.88 Å². The van der Waals surface area contributed by atoms with Gasteiger partial charge in [-0.1, -0.05) is 0 Å². The minimum atomic E-state index is -0.705. The highest BCUT2D eigenvalue weighted by Crippen LogP contribution is 2.21. The zero-order valence-electron chi connectivity index (χ0n) is 11.1. The summed E-state index contributed by atoms with van der Waals surface area (Å²) in [6, 6.07) is 9.61. The summed E-state index contributed by atoms with van der Waals surface area (Å²) >= 11 is 0. The summed E-state index contributed by atoms with van der Waals surface area (Å²) in [5, 5.41) is 19.1. The van der Waals surface area contributed by atoms with Gasteiger partial charge in [-0.05, 0) is 37.3 Å². The third-order valence-corrected chi connectivity index (χ3v) is 2.80. The van der Waals surface area contributed by atoms with Crippen molar-refractivity contribution in [3.8, 4) is 11.6 Å². The third kappa shape index (κ3) is 2.64. The second kappa shape index (κ2) is 5.48. The number of ether oxygens (including phenoxy) is 1. The molecule has 0 fully saturated rings. The molecule has 1 aromatic carbocycles. The molecule has 6 heteroatoms. The van der Waals surface area contributed by atoms with E-state index in [1.165, 1.54) is 6.07 Å². The molecule has 2 aromatic rings. The Morgan fingerprint density at radius 2 is 1.85 bits per heavy atom. The van der Waals surface area contributed by atoms with E-state index in [4.69, 9.17) is 4.74 Å². The topological polar surface area (TPSA) is 84.0 Å². The molecular formula is C14H14N2O4. The van der Waals surface area contributed by atoms with E-state index in [1.54, 1.807) is 38.3 Å².